The van der Waals surface area contributed by atoms with Gasteiger partial charge in [-0.05, 0) is 30.9 Å². The number of carbonyl (C=O) groups is 7. The van der Waals surface area contributed by atoms with E-state index in [1.54, 1.807) is 0 Å². The zero-order chi connectivity index (χ0) is 29.4. The Hall–Kier alpha value is -3.44. The van der Waals surface area contributed by atoms with Gasteiger partial charge in [-0.25, -0.2) is 14.4 Å². The van der Waals surface area contributed by atoms with Gasteiger partial charge < -0.3 is 35.3 Å². The summed E-state index contributed by atoms with van der Waals surface area (Å²) in [4.78, 5) is 93.7. The van der Waals surface area contributed by atoms with Gasteiger partial charge in [0.2, 0.25) is 11.7 Å². The molecular formula is C23H33N5O11S. The van der Waals surface area contributed by atoms with Crippen molar-refractivity contribution in [2.45, 2.75) is 89.1 Å². The largest absolute Gasteiger partial charge is 0.616 e. The van der Waals surface area contributed by atoms with E-state index < -0.39 is 70.5 Å². The summed E-state index contributed by atoms with van der Waals surface area (Å²) in [6.45, 7) is 1.89. The van der Waals surface area contributed by atoms with Crippen molar-refractivity contribution in [3.63, 3.8) is 0 Å². The van der Waals surface area contributed by atoms with Crippen molar-refractivity contribution in [3.8, 4) is 0 Å². The Balaban J connectivity index is 1.50. The van der Waals surface area contributed by atoms with Crippen LogP contribution in [0.2, 0.25) is 0 Å². The number of aliphatic hydroxyl groups is 1. The number of rotatable bonds is 14. The van der Waals surface area contributed by atoms with Crippen LogP contribution in [-0.4, -0.2) is 97.2 Å². The van der Waals surface area contributed by atoms with Gasteiger partial charge in [-0.15, -0.1) is 10.1 Å². The van der Waals surface area contributed by atoms with Crippen LogP contribution in [0.5, 0.6) is 0 Å². The van der Waals surface area contributed by atoms with Crippen LogP contribution in [0.15, 0.2) is 0 Å². The molecule has 3 fully saturated rings. The molecule has 0 saturated carbocycles. The third-order valence-electron chi connectivity index (χ3n) is 6.47. The fraction of sp³-hybridized carbons (Fsp3) is 0.696. The molecular weight excluding hydrogens is 554 g/mol. The van der Waals surface area contributed by atoms with Crippen LogP contribution < -0.4 is 16.0 Å². The van der Waals surface area contributed by atoms with Crippen LogP contribution in [0.1, 0.15) is 64.7 Å². The maximum absolute atomic E-state index is 12.7. The smallest absolute Gasteiger partial charge is 0.381 e. The number of carbonyl (C=O) groups excluding carboxylic acids is 7. The summed E-state index contributed by atoms with van der Waals surface area (Å²) in [5, 5.41) is 18.4. The molecule has 16 nitrogen and oxygen atoms in total. The molecule has 0 aromatic carbocycles. The number of hydrogen-bond acceptors (Lipinski definition) is 11. The first-order valence-corrected chi connectivity index (χ1v) is 14.4. The Morgan fingerprint density at radius 3 is 2.35 bits per heavy atom. The molecule has 4 N–H and O–H groups in total. The van der Waals surface area contributed by atoms with Gasteiger partial charge in [0.15, 0.2) is 12.3 Å². The topological polar surface area (TPSA) is 224 Å². The molecule has 17 heteroatoms. The molecule has 3 heterocycles. The highest BCUT2D eigenvalue weighted by Gasteiger charge is 2.38. The Labute approximate surface area is 232 Å². The highest BCUT2D eigenvalue weighted by molar-refractivity contribution is 7.92. The van der Waals surface area contributed by atoms with Gasteiger partial charge in [-0.2, -0.15) is 0 Å². The fourth-order valence-corrected chi connectivity index (χ4v) is 5.33. The molecule has 0 bridgehead atoms. The SMILES string of the molecule is CC1NC(=O)NC1CCCCCC(=O)NC(C[S+]([O-])CC(=O)ON1C(=O)CCC1O)C(=O)ON1C(=O)CCC1=O. The van der Waals surface area contributed by atoms with E-state index in [-0.39, 0.29) is 55.3 Å². The predicted molar refractivity (Wildman–Crippen MR) is 133 cm³/mol. The van der Waals surface area contributed by atoms with Gasteiger partial charge in [0.25, 0.3) is 17.7 Å². The first-order valence-electron chi connectivity index (χ1n) is 12.9. The molecule has 5 atom stereocenters. The summed E-state index contributed by atoms with van der Waals surface area (Å²) in [7, 11) is 0. The summed E-state index contributed by atoms with van der Waals surface area (Å²) in [5.74, 6) is -6.42. The molecule has 0 spiro atoms. The number of amides is 6. The van der Waals surface area contributed by atoms with Crippen molar-refractivity contribution >= 4 is 52.8 Å². The molecule has 0 aromatic rings. The van der Waals surface area contributed by atoms with Crippen LogP contribution >= 0.6 is 0 Å². The van der Waals surface area contributed by atoms with Gasteiger partial charge in [0.1, 0.15) is 5.75 Å². The average Bonchev–Trinajstić information content (AvgIpc) is 3.49. The van der Waals surface area contributed by atoms with E-state index in [4.69, 9.17) is 9.68 Å². The minimum atomic E-state index is -2.12. The first kappa shape index (κ1) is 31.1. The van der Waals surface area contributed by atoms with E-state index in [0.29, 0.717) is 24.3 Å². The standard InChI is InChI=1S/C23H33N5O11S/c1-13-14(26-23(36)24-13)5-3-2-4-6-16(29)25-15(22(35)39-28-19(32)9-10-20(28)33)11-40(37)12-21(34)38-27-17(30)7-8-18(27)31/h13-15,17,30H,2-12H2,1H3,(H,25,29)(H2,24,26,36). The number of urea groups is 1. The number of hydrogen-bond donors (Lipinski definition) is 4. The minimum absolute atomic E-state index is 0.000177. The third kappa shape index (κ3) is 8.79. The Morgan fingerprint density at radius 1 is 1.05 bits per heavy atom. The molecule has 3 aliphatic rings. The Bertz CT molecular complexity index is 1010. The summed E-state index contributed by atoms with van der Waals surface area (Å²) in [5.41, 5.74) is 0. The first-order chi connectivity index (χ1) is 18.9. The number of nitrogens with one attached hydrogen (secondary N) is 3. The molecule has 0 aliphatic carbocycles. The Morgan fingerprint density at radius 2 is 1.75 bits per heavy atom. The number of unbranched alkanes of at least 4 members (excludes halogenated alkanes) is 2. The number of nitrogens with zero attached hydrogens (tertiary/aromatic N) is 2. The lowest BCUT2D eigenvalue weighted by atomic mass is 10.0. The molecule has 3 aliphatic heterocycles. The Kier molecular flexibility index (Phi) is 11.1. The van der Waals surface area contributed by atoms with Crippen molar-refractivity contribution in [1.29, 1.82) is 0 Å². The molecule has 3 saturated heterocycles. The summed E-state index contributed by atoms with van der Waals surface area (Å²) < 4.78 is 12.6. The second kappa shape index (κ2) is 14.3. The van der Waals surface area contributed by atoms with Gasteiger partial charge in [-0.3, -0.25) is 19.2 Å². The number of hydroxylamine groups is 4. The molecule has 6 amide bonds. The second-order valence-electron chi connectivity index (χ2n) is 9.68. The average molecular weight is 588 g/mol. The van der Waals surface area contributed by atoms with Crippen LogP contribution in [0, 0.1) is 0 Å². The maximum atomic E-state index is 12.7. The summed E-state index contributed by atoms with van der Waals surface area (Å²) in [6.07, 6.45) is 0.953. The highest BCUT2D eigenvalue weighted by Crippen LogP contribution is 2.18. The van der Waals surface area contributed by atoms with E-state index in [9.17, 15) is 43.2 Å². The van der Waals surface area contributed by atoms with Gasteiger partial charge in [-0.1, -0.05) is 12.8 Å². The monoisotopic (exact) mass is 587 g/mol. The van der Waals surface area contributed by atoms with Crippen molar-refractivity contribution in [2.24, 2.45) is 0 Å². The molecule has 0 aromatic heterocycles. The van der Waals surface area contributed by atoms with Gasteiger partial charge in [0.05, 0.1) is 6.04 Å². The maximum Gasteiger partial charge on any atom is 0.381 e. The molecule has 5 unspecified atom stereocenters. The zero-order valence-electron chi connectivity index (χ0n) is 21.9. The van der Waals surface area contributed by atoms with E-state index in [2.05, 4.69) is 16.0 Å². The van der Waals surface area contributed by atoms with Crippen molar-refractivity contribution < 1.29 is 52.9 Å². The summed E-state index contributed by atoms with van der Waals surface area (Å²) in [6, 6.07) is -1.80. The lowest BCUT2D eigenvalue weighted by Crippen LogP contribution is -2.49. The van der Waals surface area contributed by atoms with E-state index >= 15 is 0 Å². The summed E-state index contributed by atoms with van der Waals surface area (Å²) >= 11 is -2.12. The highest BCUT2D eigenvalue weighted by atomic mass is 32.2. The molecule has 3 rings (SSSR count). The fourth-order valence-electron chi connectivity index (χ4n) is 4.31. The van der Waals surface area contributed by atoms with E-state index in [1.165, 1.54) is 0 Å². The third-order valence-corrected chi connectivity index (χ3v) is 7.73. The van der Waals surface area contributed by atoms with Gasteiger partial charge >= 0.3 is 18.0 Å². The zero-order valence-corrected chi connectivity index (χ0v) is 22.7. The minimum Gasteiger partial charge on any atom is -0.616 e. The molecule has 0 radical (unpaired) electrons. The van der Waals surface area contributed by atoms with Crippen LogP contribution in [0.4, 0.5) is 4.79 Å². The normalized spacial score (nSPS) is 24.0. The second-order valence-corrected chi connectivity index (χ2v) is 11.2. The number of aliphatic hydroxyl groups excluding tert-OH is 1. The van der Waals surface area contributed by atoms with Crippen LogP contribution in [0.25, 0.3) is 0 Å². The van der Waals surface area contributed by atoms with E-state index in [1.807, 2.05) is 6.92 Å². The number of imide groups is 1. The predicted octanol–water partition coefficient (Wildman–Crippen LogP) is -1.75. The van der Waals surface area contributed by atoms with Crippen LogP contribution in [-0.2, 0) is 49.6 Å². The van der Waals surface area contributed by atoms with Crippen molar-refractivity contribution in [1.82, 2.24) is 26.1 Å². The van der Waals surface area contributed by atoms with Crippen molar-refractivity contribution in [3.05, 3.63) is 0 Å². The van der Waals surface area contributed by atoms with Crippen LogP contribution in [0.3, 0.4) is 0 Å². The van der Waals surface area contributed by atoms with Crippen molar-refractivity contribution in [2.75, 3.05) is 11.5 Å². The molecule has 222 valence electrons. The molecule has 40 heavy (non-hydrogen) atoms. The van der Waals surface area contributed by atoms with Gasteiger partial charge in [0, 0.05) is 38.1 Å². The lowest BCUT2D eigenvalue weighted by molar-refractivity contribution is -0.218. The quantitative estimate of drug-likeness (QED) is 0.101. The lowest BCUT2D eigenvalue weighted by Gasteiger charge is -2.22. The van der Waals surface area contributed by atoms with E-state index in [0.717, 1.165) is 6.42 Å².